The van der Waals surface area contributed by atoms with E-state index < -0.39 is 0 Å². The SMILES string of the molecule is C/C=C/CN1CCn2ccnc2C1. The highest BCUT2D eigenvalue weighted by Crippen LogP contribution is 2.09. The van der Waals surface area contributed by atoms with E-state index in [1.165, 1.54) is 5.82 Å². The Labute approximate surface area is 78.7 Å². The third kappa shape index (κ3) is 1.80. The van der Waals surface area contributed by atoms with Crippen molar-refractivity contribution in [1.29, 1.82) is 0 Å². The lowest BCUT2D eigenvalue weighted by Gasteiger charge is -2.26. The van der Waals surface area contributed by atoms with Crippen LogP contribution in [0.1, 0.15) is 12.7 Å². The molecule has 1 aliphatic rings. The summed E-state index contributed by atoms with van der Waals surface area (Å²) in [5.41, 5.74) is 0. The van der Waals surface area contributed by atoms with Crippen LogP contribution < -0.4 is 0 Å². The van der Waals surface area contributed by atoms with E-state index in [9.17, 15) is 0 Å². The molecule has 13 heavy (non-hydrogen) atoms. The Balaban J connectivity index is 2.00. The summed E-state index contributed by atoms with van der Waals surface area (Å²) in [6, 6.07) is 0. The van der Waals surface area contributed by atoms with Gasteiger partial charge in [0, 0.05) is 32.0 Å². The molecule has 70 valence electrons. The van der Waals surface area contributed by atoms with Crippen molar-refractivity contribution in [2.24, 2.45) is 0 Å². The molecule has 2 rings (SSSR count). The van der Waals surface area contributed by atoms with Crippen molar-refractivity contribution in [3.8, 4) is 0 Å². The average Bonchev–Trinajstić information content (AvgIpc) is 2.61. The Morgan fingerprint density at radius 1 is 1.54 bits per heavy atom. The van der Waals surface area contributed by atoms with Gasteiger partial charge in [0.2, 0.25) is 0 Å². The third-order valence-corrected chi connectivity index (χ3v) is 2.42. The fraction of sp³-hybridized carbons (Fsp3) is 0.500. The monoisotopic (exact) mass is 177 g/mol. The van der Waals surface area contributed by atoms with E-state index in [1.807, 2.05) is 6.20 Å². The molecule has 0 atom stereocenters. The van der Waals surface area contributed by atoms with E-state index in [1.54, 1.807) is 0 Å². The summed E-state index contributed by atoms with van der Waals surface area (Å²) >= 11 is 0. The van der Waals surface area contributed by atoms with Crippen molar-refractivity contribution >= 4 is 0 Å². The first-order chi connectivity index (χ1) is 6.40. The minimum Gasteiger partial charge on any atom is -0.333 e. The highest BCUT2D eigenvalue weighted by atomic mass is 15.2. The molecule has 0 bridgehead atoms. The molecule has 1 aliphatic heterocycles. The smallest absolute Gasteiger partial charge is 0.122 e. The molecule has 0 amide bonds. The second-order valence-electron chi connectivity index (χ2n) is 3.34. The van der Waals surface area contributed by atoms with Gasteiger partial charge in [0.1, 0.15) is 5.82 Å². The zero-order valence-corrected chi connectivity index (χ0v) is 7.98. The van der Waals surface area contributed by atoms with Gasteiger partial charge in [0.15, 0.2) is 0 Å². The molecule has 0 radical (unpaired) electrons. The average molecular weight is 177 g/mol. The van der Waals surface area contributed by atoms with E-state index >= 15 is 0 Å². The number of hydrogen-bond donors (Lipinski definition) is 0. The summed E-state index contributed by atoms with van der Waals surface area (Å²) in [5.74, 6) is 1.19. The molecule has 3 nitrogen and oxygen atoms in total. The first-order valence-electron chi connectivity index (χ1n) is 4.73. The molecular formula is C10H15N3. The molecule has 0 saturated heterocycles. The second-order valence-corrected chi connectivity index (χ2v) is 3.34. The van der Waals surface area contributed by atoms with Crippen molar-refractivity contribution in [2.45, 2.75) is 20.0 Å². The van der Waals surface area contributed by atoms with Crippen LogP contribution in [0.25, 0.3) is 0 Å². The van der Waals surface area contributed by atoms with Crippen molar-refractivity contribution in [1.82, 2.24) is 14.5 Å². The maximum absolute atomic E-state index is 4.31. The Kier molecular flexibility index (Phi) is 2.45. The second kappa shape index (κ2) is 3.75. The van der Waals surface area contributed by atoms with Gasteiger partial charge in [-0.1, -0.05) is 12.2 Å². The van der Waals surface area contributed by atoms with Gasteiger partial charge in [-0.2, -0.15) is 0 Å². The van der Waals surface area contributed by atoms with Crippen molar-refractivity contribution in [3.05, 3.63) is 30.4 Å². The number of fused-ring (bicyclic) bond motifs is 1. The lowest BCUT2D eigenvalue weighted by molar-refractivity contribution is 0.239. The Morgan fingerprint density at radius 2 is 2.46 bits per heavy atom. The molecule has 3 heteroatoms. The van der Waals surface area contributed by atoms with Crippen LogP contribution in [0, 0.1) is 0 Å². The van der Waals surface area contributed by atoms with Crippen molar-refractivity contribution < 1.29 is 0 Å². The van der Waals surface area contributed by atoms with Gasteiger partial charge in [-0.3, -0.25) is 4.90 Å². The first kappa shape index (κ1) is 8.51. The quantitative estimate of drug-likeness (QED) is 0.634. The lowest BCUT2D eigenvalue weighted by atomic mass is 10.3. The number of allylic oxidation sites excluding steroid dienone is 1. The summed E-state index contributed by atoms with van der Waals surface area (Å²) in [7, 11) is 0. The Bertz CT molecular complexity index is 301. The van der Waals surface area contributed by atoms with Crippen LogP contribution >= 0.6 is 0 Å². The van der Waals surface area contributed by atoms with E-state index in [4.69, 9.17) is 0 Å². The topological polar surface area (TPSA) is 21.1 Å². The fourth-order valence-corrected chi connectivity index (χ4v) is 1.63. The maximum Gasteiger partial charge on any atom is 0.122 e. The molecule has 1 aromatic rings. The fourth-order valence-electron chi connectivity index (χ4n) is 1.63. The third-order valence-electron chi connectivity index (χ3n) is 2.42. The molecular weight excluding hydrogens is 162 g/mol. The molecule has 0 spiro atoms. The van der Waals surface area contributed by atoms with Crippen LogP contribution in [0.2, 0.25) is 0 Å². The molecule has 0 unspecified atom stereocenters. The number of imidazole rings is 1. The van der Waals surface area contributed by atoms with Crippen LogP contribution in [0.4, 0.5) is 0 Å². The highest BCUT2D eigenvalue weighted by Gasteiger charge is 2.14. The number of hydrogen-bond acceptors (Lipinski definition) is 2. The minimum absolute atomic E-state index is 0.983. The van der Waals surface area contributed by atoms with E-state index in [0.717, 1.165) is 26.2 Å². The van der Waals surface area contributed by atoms with Crippen LogP contribution in [-0.4, -0.2) is 27.5 Å². The molecule has 0 fully saturated rings. The van der Waals surface area contributed by atoms with Crippen LogP contribution in [0.15, 0.2) is 24.5 Å². The van der Waals surface area contributed by atoms with Gasteiger partial charge in [0.25, 0.3) is 0 Å². The summed E-state index contributed by atoms with van der Waals surface area (Å²) in [6.45, 7) is 6.30. The molecule has 2 heterocycles. The number of aromatic nitrogens is 2. The lowest BCUT2D eigenvalue weighted by Crippen LogP contribution is -2.33. The molecule has 1 aromatic heterocycles. The zero-order chi connectivity index (χ0) is 9.10. The van der Waals surface area contributed by atoms with Gasteiger partial charge < -0.3 is 4.57 Å². The van der Waals surface area contributed by atoms with Gasteiger partial charge in [-0.05, 0) is 6.92 Å². The first-order valence-corrected chi connectivity index (χ1v) is 4.73. The molecule has 0 N–H and O–H groups in total. The van der Waals surface area contributed by atoms with Gasteiger partial charge in [0.05, 0.1) is 6.54 Å². The van der Waals surface area contributed by atoms with Gasteiger partial charge in [-0.15, -0.1) is 0 Å². The van der Waals surface area contributed by atoms with Crippen molar-refractivity contribution in [2.75, 3.05) is 13.1 Å². The van der Waals surface area contributed by atoms with Crippen molar-refractivity contribution in [3.63, 3.8) is 0 Å². The van der Waals surface area contributed by atoms with Gasteiger partial charge >= 0.3 is 0 Å². The van der Waals surface area contributed by atoms with Gasteiger partial charge in [-0.25, -0.2) is 4.98 Å². The zero-order valence-electron chi connectivity index (χ0n) is 7.98. The largest absolute Gasteiger partial charge is 0.333 e. The standard InChI is InChI=1S/C10H15N3/c1-2-3-5-12-7-8-13-6-4-11-10(13)9-12/h2-4,6H,5,7-9H2,1H3/b3-2+. The van der Waals surface area contributed by atoms with E-state index in [2.05, 4.69) is 39.7 Å². The Hall–Kier alpha value is -1.09. The summed E-state index contributed by atoms with van der Waals surface area (Å²) in [5, 5.41) is 0. The number of nitrogens with zero attached hydrogens (tertiary/aromatic N) is 3. The van der Waals surface area contributed by atoms with Crippen LogP contribution in [-0.2, 0) is 13.1 Å². The van der Waals surface area contributed by atoms with E-state index in [0.29, 0.717) is 0 Å². The van der Waals surface area contributed by atoms with Crippen LogP contribution in [0.3, 0.4) is 0 Å². The minimum atomic E-state index is 0.983. The highest BCUT2D eigenvalue weighted by molar-refractivity contribution is 4.96. The molecule has 0 aliphatic carbocycles. The van der Waals surface area contributed by atoms with E-state index in [-0.39, 0.29) is 0 Å². The molecule has 0 aromatic carbocycles. The maximum atomic E-state index is 4.31. The summed E-state index contributed by atoms with van der Waals surface area (Å²) in [4.78, 5) is 6.72. The summed E-state index contributed by atoms with van der Waals surface area (Å²) in [6.07, 6.45) is 8.23. The predicted octanol–water partition coefficient (Wildman–Crippen LogP) is 1.27. The Morgan fingerprint density at radius 3 is 3.31 bits per heavy atom. The predicted molar refractivity (Wildman–Crippen MR) is 52.3 cm³/mol. The summed E-state index contributed by atoms with van der Waals surface area (Å²) < 4.78 is 2.23. The normalized spacial score (nSPS) is 17.9. The van der Waals surface area contributed by atoms with Crippen LogP contribution in [0.5, 0.6) is 0 Å². The molecule has 0 saturated carbocycles. The number of rotatable bonds is 2.